The molecule has 0 spiro atoms. The van der Waals surface area contributed by atoms with Crippen LogP contribution < -0.4 is 0 Å². The Morgan fingerprint density at radius 2 is 1.92 bits per heavy atom. The van der Waals surface area contributed by atoms with E-state index in [1.165, 1.54) is 18.9 Å². The van der Waals surface area contributed by atoms with Gasteiger partial charge in [0.15, 0.2) is 8.32 Å². The number of unbranched alkanes of at least 4 members (excludes halogenated alkanes) is 1. The van der Waals surface area contributed by atoms with Crippen LogP contribution in [-0.2, 0) is 4.43 Å². The van der Waals surface area contributed by atoms with Crippen LogP contribution in [0.25, 0.3) is 0 Å². The van der Waals surface area contributed by atoms with Gasteiger partial charge in [0.25, 0.3) is 0 Å². The van der Waals surface area contributed by atoms with Crippen LogP contribution in [0.4, 0.5) is 0 Å². The number of hydrogen-bond donors (Lipinski definition) is 0. The first-order valence-corrected chi connectivity index (χ1v) is 8.78. The molecule has 1 nitrogen and oxygen atoms in total. The van der Waals surface area contributed by atoms with Gasteiger partial charge in [-0.1, -0.05) is 19.8 Å². The molecule has 0 aliphatic carbocycles. The number of alkyl halides is 1. The summed E-state index contributed by atoms with van der Waals surface area (Å²) in [4.78, 5) is 0. The highest BCUT2D eigenvalue weighted by molar-refractivity contribution is 6.71. The number of halogens is 1. The molecule has 0 aromatic heterocycles. The fourth-order valence-corrected chi connectivity index (χ4v) is 3.85. The maximum absolute atomic E-state index is 5.63. The summed E-state index contributed by atoms with van der Waals surface area (Å²) in [6.07, 6.45) is 3.71. The second kappa shape index (κ2) is 6.85. The van der Waals surface area contributed by atoms with E-state index in [2.05, 4.69) is 20.0 Å². The predicted molar refractivity (Wildman–Crippen MR) is 63.0 cm³/mol. The lowest BCUT2D eigenvalue weighted by Crippen LogP contribution is -2.30. The van der Waals surface area contributed by atoms with E-state index in [1.54, 1.807) is 0 Å². The molecule has 0 radical (unpaired) electrons. The van der Waals surface area contributed by atoms with E-state index in [9.17, 15) is 0 Å². The third-order valence-corrected chi connectivity index (χ3v) is 5.53. The summed E-state index contributed by atoms with van der Waals surface area (Å²) in [7, 11) is 0.511. The Balaban J connectivity index is 3.55. The van der Waals surface area contributed by atoms with Gasteiger partial charge in [-0.05, 0) is 31.5 Å². The van der Waals surface area contributed by atoms with Crippen LogP contribution in [0, 0.1) is 5.92 Å². The SMILES string of the molecule is CO[Si](C)(C)CC(C)CCCCCl. The van der Waals surface area contributed by atoms with E-state index in [1.807, 2.05) is 7.11 Å². The fraction of sp³-hybridized carbons (Fsp3) is 1.00. The standard InChI is InChI=1S/C10H23ClOSi/c1-10(7-5-6-8-11)9-13(3,4)12-2/h10H,5-9H2,1-4H3. The average molecular weight is 223 g/mol. The van der Waals surface area contributed by atoms with Gasteiger partial charge in [0, 0.05) is 13.0 Å². The molecule has 1 unspecified atom stereocenters. The van der Waals surface area contributed by atoms with Gasteiger partial charge in [-0.25, -0.2) is 0 Å². The van der Waals surface area contributed by atoms with E-state index in [0.717, 1.165) is 18.2 Å². The van der Waals surface area contributed by atoms with Crippen LogP contribution in [0.15, 0.2) is 0 Å². The molecule has 0 aliphatic heterocycles. The molecular weight excluding hydrogens is 200 g/mol. The smallest absolute Gasteiger partial charge is 0.186 e. The topological polar surface area (TPSA) is 9.23 Å². The third-order valence-electron chi connectivity index (χ3n) is 2.47. The van der Waals surface area contributed by atoms with E-state index in [-0.39, 0.29) is 0 Å². The normalized spacial score (nSPS) is 14.5. The summed E-state index contributed by atoms with van der Waals surface area (Å²) in [5, 5.41) is 0. The van der Waals surface area contributed by atoms with Gasteiger partial charge in [0.1, 0.15) is 0 Å². The molecule has 3 heteroatoms. The van der Waals surface area contributed by atoms with Gasteiger partial charge in [-0.3, -0.25) is 0 Å². The number of hydrogen-bond acceptors (Lipinski definition) is 1. The Morgan fingerprint density at radius 3 is 2.38 bits per heavy atom. The molecule has 0 heterocycles. The van der Waals surface area contributed by atoms with Crippen molar-refractivity contribution in [3.8, 4) is 0 Å². The molecule has 0 saturated heterocycles. The van der Waals surface area contributed by atoms with Crippen molar-refractivity contribution in [2.24, 2.45) is 5.92 Å². The molecule has 0 rings (SSSR count). The molecule has 80 valence electrons. The quantitative estimate of drug-likeness (QED) is 0.361. The third kappa shape index (κ3) is 7.53. The fourth-order valence-electron chi connectivity index (χ4n) is 1.61. The zero-order chi connectivity index (χ0) is 10.3. The van der Waals surface area contributed by atoms with Gasteiger partial charge >= 0.3 is 0 Å². The molecule has 0 aromatic rings. The average Bonchev–Trinajstić information content (AvgIpc) is 2.04. The van der Waals surface area contributed by atoms with Crippen LogP contribution in [0.5, 0.6) is 0 Å². The largest absolute Gasteiger partial charge is 0.420 e. The van der Waals surface area contributed by atoms with E-state index < -0.39 is 8.32 Å². The zero-order valence-corrected chi connectivity index (χ0v) is 11.2. The second-order valence-electron chi connectivity index (χ2n) is 4.46. The first kappa shape index (κ1) is 13.5. The van der Waals surface area contributed by atoms with E-state index in [0.29, 0.717) is 0 Å². The molecule has 0 saturated carbocycles. The Labute approximate surface area is 88.9 Å². The van der Waals surface area contributed by atoms with Gasteiger partial charge in [0.2, 0.25) is 0 Å². The highest BCUT2D eigenvalue weighted by Gasteiger charge is 2.23. The minimum Gasteiger partial charge on any atom is -0.420 e. The molecule has 0 amide bonds. The van der Waals surface area contributed by atoms with Gasteiger partial charge in [-0.15, -0.1) is 11.6 Å². The highest BCUT2D eigenvalue weighted by atomic mass is 35.5. The molecule has 13 heavy (non-hydrogen) atoms. The lowest BCUT2D eigenvalue weighted by atomic mass is 10.1. The molecular formula is C10H23ClOSi. The van der Waals surface area contributed by atoms with Crippen molar-refractivity contribution in [3.05, 3.63) is 0 Å². The first-order valence-electron chi connectivity index (χ1n) is 5.13. The van der Waals surface area contributed by atoms with Crippen molar-refractivity contribution in [2.75, 3.05) is 13.0 Å². The van der Waals surface area contributed by atoms with Crippen molar-refractivity contribution in [1.29, 1.82) is 0 Å². The summed E-state index contributed by atoms with van der Waals surface area (Å²) < 4.78 is 5.53. The zero-order valence-electron chi connectivity index (χ0n) is 9.40. The monoisotopic (exact) mass is 222 g/mol. The van der Waals surface area contributed by atoms with Crippen LogP contribution in [0.2, 0.25) is 19.1 Å². The summed E-state index contributed by atoms with van der Waals surface area (Å²) in [5.41, 5.74) is 0. The van der Waals surface area contributed by atoms with Crippen molar-refractivity contribution in [3.63, 3.8) is 0 Å². The number of rotatable bonds is 7. The molecule has 0 bridgehead atoms. The molecule has 0 aromatic carbocycles. The van der Waals surface area contributed by atoms with Crippen LogP contribution in [0.1, 0.15) is 26.2 Å². The van der Waals surface area contributed by atoms with Crippen molar-refractivity contribution in [2.45, 2.75) is 45.3 Å². The summed E-state index contributed by atoms with van der Waals surface area (Å²) >= 11 is 5.63. The van der Waals surface area contributed by atoms with Gasteiger partial charge in [0.05, 0.1) is 0 Å². The van der Waals surface area contributed by atoms with Crippen LogP contribution in [0.3, 0.4) is 0 Å². The summed E-state index contributed by atoms with van der Waals surface area (Å²) in [6.45, 7) is 6.89. The molecule has 0 N–H and O–H groups in total. The van der Waals surface area contributed by atoms with Gasteiger partial charge in [-0.2, -0.15) is 0 Å². The maximum atomic E-state index is 5.63. The molecule has 1 atom stereocenters. The predicted octanol–water partition coefficient (Wildman–Crippen LogP) is 3.88. The van der Waals surface area contributed by atoms with Crippen molar-refractivity contribution < 1.29 is 4.43 Å². The van der Waals surface area contributed by atoms with Crippen molar-refractivity contribution >= 4 is 19.9 Å². The molecule has 0 fully saturated rings. The lowest BCUT2D eigenvalue weighted by Gasteiger charge is -2.23. The van der Waals surface area contributed by atoms with E-state index in [4.69, 9.17) is 16.0 Å². The Bertz CT molecular complexity index is 128. The van der Waals surface area contributed by atoms with Gasteiger partial charge < -0.3 is 4.43 Å². The minimum absolute atomic E-state index is 0.796. The van der Waals surface area contributed by atoms with Crippen LogP contribution in [-0.4, -0.2) is 21.3 Å². The minimum atomic E-state index is -1.33. The van der Waals surface area contributed by atoms with Crippen LogP contribution >= 0.6 is 11.6 Å². The van der Waals surface area contributed by atoms with Crippen molar-refractivity contribution in [1.82, 2.24) is 0 Å². The van der Waals surface area contributed by atoms with E-state index >= 15 is 0 Å². The Hall–Kier alpha value is 0.467. The summed E-state index contributed by atoms with van der Waals surface area (Å²) in [6, 6.07) is 1.27. The first-order chi connectivity index (χ1) is 6.02. The molecule has 0 aliphatic rings. The second-order valence-corrected chi connectivity index (χ2v) is 9.17. The maximum Gasteiger partial charge on any atom is 0.186 e. The highest BCUT2D eigenvalue weighted by Crippen LogP contribution is 2.21. The Morgan fingerprint density at radius 1 is 1.31 bits per heavy atom. The Kier molecular flexibility index (Phi) is 7.10. The summed E-state index contributed by atoms with van der Waals surface area (Å²) in [5.74, 6) is 1.60. The lowest BCUT2D eigenvalue weighted by molar-refractivity contribution is 0.389.